The lowest BCUT2D eigenvalue weighted by atomic mass is 10.2. The van der Waals surface area contributed by atoms with E-state index >= 15 is 0 Å². The van der Waals surface area contributed by atoms with Crippen LogP contribution in [0.25, 0.3) is 0 Å². The van der Waals surface area contributed by atoms with Crippen LogP contribution in [0.5, 0.6) is 0 Å². The zero-order chi connectivity index (χ0) is 26.6. The molecule has 2 aromatic carbocycles. The first-order chi connectivity index (χ1) is 17.1. The monoisotopic (exact) mass is 519 g/mol. The molecule has 2 atom stereocenters. The van der Waals surface area contributed by atoms with Crippen molar-refractivity contribution in [3.8, 4) is 0 Å². The van der Waals surface area contributed by atoms with Gasteiger partial charge < -0.3 is 25.4 Å². The summed E-state index contributed by atoms with van der Waals surface area (Å²) >= 11 is 0. The number of alkyl carbamates (subject to hydrolysis) is 1. The summed E-state index contributed by atoms with van der Waals surface area (Å²) in [6, 6.07) is 16.7. The van der Waals surface area contributed by atoms with Crippen LogP contribution >= 0.6 is 0 Å². The van der Waals surface area contributed by atoms with E-state index in [1.807, 2.05) is 6.07 Å². The second-order valence-electron chi connectivity index (χ2n) is 7.86. The lowest BCUT2D eigenvalue weighted by Gasteiger charge is -2.16. The van der Waals surface area contributed by atoms with Crippen LogP contribution in [-0.4, -0.2) is 56.5 Å². The largest absolute Gasteiger partial charge is 0.460 e. The lowest BCUT2D eigenvalue weighted by Crippen LogP contribution is -2.48. The van der Waals surface area contributed by atoms with Crippen molar-refractivity contribution in [1.82, 2.24) is 16.0 Å². The molecule has 0 aliphatic heterocycles. The van der Waals surface area contributed by atoms with Gasteiger partial charge in [0.1, 0.15) is 19.3 Å². The zero-order valence-corrected chi connectivity index (χ0v) is 20.7. The summed E-state index contributed by atoms with van der Waals surface area (Å²) in [6.45, 7) is 0.968. The van der Waals surface area contributed by atoms with Crippen molar-refractivity contribution < 1.29 is 37.1 Å². The minimum Gasteiger partial charge on any atom is -0.460 e. The molecule has 0 saturated heterocycles. The van der Waals surface area contributed by atoms with E-state index in [9.17, 15) is 27.6 Å². The number of ether oxygens (including phenoxy) is 2. The van der Waals surface area contributed by atoms with Gasteiger partial charge in [-0.2, -0.15) is 0 Å². The van der Waals surface area contributed by atoms with Gasteiger partial charge in [0, 0.05) is 6.26 Å². The molecule has 12 heteroatoms. The van der Waals surface area contributed by atoms with Gasteiger partial charge in [-0.05, 0) is 18.1 Å². The number of carbonyl (C=O) groups is 4. The van der Waals surface area contributed by atoms with E-state index in [0.717, 1.165) is 11.8 Å². The Labute approximate surface area is 209 Å². The van der Waals surface area contributed by atoms with Gasteiger partial charge in [0.05, 0.1) is 13.1 Å². The molecule has 0 fully saturated rings. The van der Waals surface area contributed by atoms with Crippen LogP contribution in [0.15, 0.2) is 60.7 Å². The average molecular weight is 520 g/mol. The second-order valence-corrected chi connectivity index (χ2v) is 10.1. The Morgan fingerprint density at radius 3 is 1.89 bits per heavy atom. The zero-order valence-electron chi connectivity index (χ0n) is 19.9. The highest BCUT2D eigenvalue weighted by molar-refractivity contribution is 7.92. The van der Waals surface area contributed by atoms with Gasteiger partial charge >= 0.3 is 12.1 Å². The molecule has 0 radical (unpaired) electrons. The molecule has 11 nitrogen and oxygen atoms in total. The maximum atomic E-state index is 12.3. The Hall–Kier alpha value is -3.93. The predicted molar refractivity (Wildman–Crippen MR) is 130 cm³/mol. The van der Waals surface area contributed by atoms with Crippen LogP contribution in [0.3, 0.4) is 0 Å². The summed E-state index contributed by atoms with van der Waals surface area (Å²) in [5.41, 5.74) is 1.45. The van der Waals surface area contributed by atoms with Crippen molar-refractivity contribution in [3.63, 3.8) is 0 Å². The number of nitrogens with one attached hydrogen (secondary N) is 3. The molecule has 0 aromatic heterocycles. The molecule has 1 unspecified atom stereocenters. The molecule has 194 valence electrons. The van der Waals surface area contributed by atoms with E-state index in [2.05, 4.69) is 16.0 Å². The Morgan fingerprint density at radius 2 is 1.36 bits per heavy atom. The predicted octanol–water partition coefficient (Wildman–Crippen LogP) is 1.04. The van der Waals surface area contributed by atoms with E-state index in [1.165, 1.54) is 6.92 Å². The third-order valence-electron chi connectivity index (χ3n) is 4.86. The highest BCUT2D eigenvalue weighted by Crippen LogP contribution is 2.10. The van der Waals surface area contributed by atoms with Crippen LogP contribution < -0.4 is 16.0 Å². The first-order valence-corrected chi connectivity index (χ1v) is 12.9. The number of benzene rings is 2. The number of carbonyl (C=O) groups excluding carboxylic acids is 4. The van der Waals surface area contributed by atoms with E-state index in [0.29, 0.717) is 5.56 Å². The molecule has 0 spiro atoms. The molecule has 3 amide bonds. The Balaban J connectivity index is 1.74. The fourth-order valence-corrected chi connectivity index (χ4v) is 3.73. The van der Waals surface area contributed by atoms with Crippen molar-refractivity contribution in [1.29, 1.82) is 0 Å². The Morgan fingerprint density at radius 1 is 0.833 bits per heavy atom. The highest BCUT2D eigenvalue weighted by Gasteiger charge is 2.33. The first kappa shape index (κ1) is 28.3. The topological polar surface area (TPSA) is 157 Å². The van der Waals surface area contributed by atoms with Crippen LogP contribution in [0, 0.1) is 0 Å². The standard InChI is InChI=1S/C24H29N3O8S/c1-17(27-24(31)35-15-19-11-7-4-8-12-19)22(29)26-16-25-21(28)13-20(36(2,32)33)23(30)34-14-18-9-5-3-6-10-18/h3-12,17,20H,13-16H2,1-2H3,(H,25,28)(H,26,29)(H,27,31)/t17-,20?/m0/s1. The first-order valence-electron chi connectivity index (χ1n) is 11.0. The summed E-state index contributed by atoms with van der Waals surface area (Å²) in [5.74, 6) is -2.45. The van der Waals surface area contributed by atoms with Gasteiger partial charge in [0.15, 0.2) is 15.1 Å². The fraction of sp³-hybridized carbons (Fsp3) is 0.333. The molecule has 0 aliphatic rings. The molecule has 0 bridgehead atoms. The van der Waals surface area contributed by atoms with E-state index in [-0.39, 0.29) is 19.9 Å². The molecule has 36 heavy (non-hydrogen) atoms. The Kier molecular flexibility index (Phi) is 10.9. The fourth-order valence-electron chi connectivity index (χ4n) is 2.86. The minimum absolute atomic E-state index is 0.0341. The average Bonchev–Trinajstić information content (AvgIpc) is 2.85. The van der Waals surface area contributed by atoms with Gasteiger partial charge in [0.25, 0.3) is 0 Å². The maximum absolute atomic E-state index is 12.3. The summed E-state index contributed by atoms with van der Waals surface area (Å²) in [5, 5.41) is 5.35. The number of amides is 3. The molecule has 3 N–H and O–H groups in total. The van der Waals surface area contributed by atoms with Gasteiger partial charge in [-0.15, -0.1) is 0 Å². The normalized spacial score (nSPS) is 12.5. The number of hydrogen-bond donors (Lipinski definition) is 3. The van der Waals surface area contributed by atoms with Crippen LogP contribution in [0.4, 0.5) is 4.79 Å². The summed E-state index contributed by atoms with van der Waals surface area (Å²) < 4.78 is 34.2. The number of sulfone groups is 1. The number of hydrogen-bond acceptors (Lipinski definition) is 8. The summed E-state index contributed by atoms with van der Waals surface area (Å²) in [7, 11) is -3.94. The Bertz CT molecular complexity index is 1140. The number of esters is 1. The maximum Gasteiger partial charge on any atom is 0.408 e. The molecule has 2 aromatic rings. The molecular formula is C24H29N3O8S. The van der Waals surface area contributed by atoms with Crippen LogP contribution in [0.2, 0.25) is 0 Å². The molecular weight excluding hydrogens is 490 g/mol. The van der Waals surface area contributed by atoms with Crippen molar-refractivity contribution >= 4 is 33.7 Å². The van der Waals surface area contributed by atoms with E-state index < -0.39 is 51.4 Å². The van der Waals surface area contributed by atoms with Crippen molar-refractivity contribution in [2.24, 2.45) is 0 Å². The molecule has 0 aliphatic carbocycles. The van der Waals surface area contributed by atoms with E-state index in [4.69, 9.17) is 9.47 Å². The third-order valence-corrected chi connectivity index (χ3v) is 6.26. The SMILES string of the molecule is C[C@H](NC(=O)OCc1ccccc1)C(=O)NCNC(=O)CC(C(=O)OCc1ccccc1)S(C)(=O)=O. The third kappa shape index (κ3) is 10.1. The van der Waals surface area contributed by atoms with Gasteiger partial charge in [-0.25, -0.2) is 13.2 Å². The lowest BCUT2D eigenvalue weighted by molar-refractivity contribution is -0.145. The number of rotatable bonds is 12. The molecule has 0 saturated carbocycles. The van der Waals surface area contributed by atoms with Gasteiger partial charge in [-0.3, -0.25) is 14.4 Å². The van der Waals surface area contributed by atoms with Crippen LogP contribution in [-0.2, 0) is 46.9 Å². The summed E-state index contributed by atoms with van der Waals surface area (Å²) in [4.78, 5) is 48.5. The van der Waals surface area contributed by atoms with Crippen molar-refractivity contribution in [2.75, 3.05) is 12.9 Å². The molecule has 2 rings (SSSR count). The smallest absolute Gasteiger partial charge is 0.408 e. The van der Waals surface area contributed by atoms with E-state index in [1.54, 1.807) is 54.6 Å². The quantitative estimate of drug-likeness (QED) is 0.277. The van der Waals surface area contributed by atoms with Crippen molar-refractivity contribution in [2.45, 2.75) is 37.9 Å². The second kappa shape index (κ2) is 13.8. The molecule has 0 heterocycles. The summed E-state index contributed by atoms with van der Waals surface area (Å²) in [6.07, 6.45) is -0.640. The van der Waals surface area contributed by atoms with Crippen LogP contribution in [0.1, 0.15) is 24.5 Å². The van der Waals surface area contributed by atoms with Crippen molar-refractivity contribution in [3.05, 3.63) is 71.8 Å². The van der Waals surface area contributed by atoms with Gasteiger partial charge in [0.2, 0.25) is 11.8 Å². The highest BCUT2D eigenvalue weighted by atomic mass is 32.2. The van der Waals surface area contributed by atoms with Gasteiger partial charge in [-0.1, -0.05) is 60.7 Å². The minimum atomic E-state index is -3.94.